The third-order valence-electron chi connectivity index (χ3n) is 15.9. The van der Waals surface area contributed by atoms with Crippen LogP contribution in [0.4, 0.5) is 0 Å². The molecule has 12 atom stereocenters. The summed E-state index contributed by atoms with van der Waals surface area (Å²) in [6.45, 7) is 1.48. The van der Waals surface area contributed by atoms with Crippen LogP contribution in [-0.2, 0) is 38.1 Å². The number of aliphatic carboxylic acids is 2. The molecule has 6 amide bonds. The fourth-order valence-corrected chi connectivity index (χ4v) is 11.6. The largest absolute Gasteiger partial charge is 0.477 e. The number of carbonyl (C=O) groups excluding carboxylic acids is 6. The van der Waals surface area contributed by atoms with Crippen LogP contribution < -0.4 is 31.9 Å². The van der Waals surface area contributed by atoms with Crippen molar-refractivity contribution in [3.8, 4) is 22.3 Å². The van der Waals surface area contributed by atoms with Crippen LogP contribution in [0.3, 0.4) is 0 Å². The number of amides is 6. The van der Waals surface area contributed by atoms with E-state index in [1.807, 2.05) is 60.7 Å². The van der Waals surface area contributed by atoms with E-state index in [2.05, 4.69) is 31.9 Å². The molecule has 0 spiro atoms. The van der Waals surface area contributed by atoms with Gasteiger partial charge in [0.05, 0.1) is 49.7 Å². The van der Waals surface area contributed by atoms with Gasteiger partial charge in [0, 0.05) is 80.9 Å². The van der Waals surface area contributed by atoms with Gasteiger partial charge in [-0.2, -0.15) is 11.8 Å². The molecule has 0 aliphatic carbocycles. The number of aliphatic hydroxyl groups excluding tert-OH is 6. The Hall–Kier alpha value is -8.19. The van der Waals surface area contributed by atoms with Crippen molar-refractivity contribution in [1.29, 1.82) is 0 Å². The van der Waals surface area contributed by atoms with Gasteiger partial charge in [-0.25, -0.2) is 9.59 Å². The van der Waals surface area contributed by atoms with Crippen molar-refractivity contribution in [1.82, 2.24) is 31.9 Å². The van der Waals surface area contributed by atoms with Gasteiger partial charge in [-0.05, 0) is 95.8 Å². The Kier molecular flexibility index (Phi) is 27.5. The van der Waals surface area contributed by atoms with E-state index in [0.29, 0.717) is 54.7 Å². The molecule has 2 aliphatic rings. The summed E-state index contributed by atoms with van der Waals surface area (Å²) in [4.78, 5) is 102. The van der Waals surface area contributed by atoms with Gasteiger partial charge in [0.15, 0.2) is 0 Å². The van der Waals surface area contributed by atoms with Crippen LogP contribution in [0.5, 0.6) is 0 Å². The van der Waals surface area contributed by atoms with Crippen molar-refractivity contribution in [3.05, 3.63) is 156 Å². The van der Waals surface area contributed by atoms with Gasteiger partial charge in [0.2, 0.25) is 11.8 Å². The molecule has 5 aromatic rings. The molecule has 2 saturated heterocycles. The summed E-state index contributed by atoms with van der Waals surface area (Å²) in [5.41, 5.74) is 4.78. The van der Waals surface area contributed by atoms with Crippen molar-refractivity contribution in [2.24, 2.45) is 0 Å². The minimum atomic E-state index is -2.49. The molecule has 506 valence electrons. The summed E-state index contributed by atoms with van der Waals surface area (Å²) in [7, 11) is 0. The predicted molar refractivity (Wildman–Crippen MR) is 343 cm³/mol. The van der Waals surface area contributed by atoms with E-state index in [1.54, 1.807) is 48.5 Å². The number of carboxylic acids is 2. The zero-order valence-electron chi connectivity index (χ0n) is 52.0. The number of benzene rings is 5. The fourth-order valence-electron chi connectivity index (χ4n) is 10.8. The number of unbranched alkanes of at least 4 members (excludes halogenated alkanes) is 3. The van der Waals surface area contributed by atoms with E-state index in [4.69, 9.17) is 18.9 Å². The number of hydrogen-bond donors (Lipinski definition) is 14. The summed E-state index contributed by atoms with van der Waals surface area (Å²) in [5, 5.41) is 103. The number of carbonyl (C=O) groups is 8. The van der Waals surface area contributed by atoms with Crippen LogP contribution >= 0.6 is 11.8 Å². The van der Waals surface area contributed by atoms with E-state index in [9.17, 15) is 79.2 Å². The lowest BCUT2D eigenvalue weighted by atomic mass is 9.88. The smallest absolute Gasteiger partial charge is 0.364 e. The molecule has 2 aliphatic heterocycles. The molecule has 94 heavy (non-hydrogen) atoms. The minimum Gasteiger partial charge on any atom is -0.477 e. The van der Waals surface area contributed by atoms with Gasteiger partial charge in [0.1, 0.15) is 24.4 Å². The summed E-state index contributed by atoms with van der Waals surface area (Å²) < 4.78 is 23.2. The molecule has 2 heterocycles. The van der Waals surface area contributed by atoms with Crippen molar-refractivity contribution in [2.75, 3.05) is 50.9 Å². The summed E-state index contributed by atoms with van der Waals surface area (Å²) >= 11 is 1.42. The molecule has 26 nitrogen and oxygen atoms in total. The highest BCUT2D eigenvalue weighted by molar-refractivity contribution is 7.99. The number of aliphatic hydroxyl groups is 6. The quantitative estimate of drug-likeness (QED) is 0.0263. The zero-order valence-corrected chi connectivity index (χ0v) is 52.8. The second-order valence-electron chi connectivity index (χ2n) is 22.9. The van der Waals surface area contributed by atoms with Crippen molar-refractivity contribution in [2.45, 2.75) is 131 Å². The van der Waals surface area contributed by atoms with Gasteiger partial charge >= 0.3 is 11.9 Å². The van der Waals surface area contributed by atoms with E-state index in [0.717, 1.165) is 36.1 Å². The molecular weight excluding hydrogens is 1240 g/mol. The molecular formula is C67H82N6O20S. The standard InChI is InChI=1S/C67H82N6O20S/c1-40(74)72-54-50(76)36-66(64(86)87,92-58(54)56(80)52(78)38-70-62(84)48-22-18-44(19-23-48)42-14-7-5-8-15-42)90-32-12-4-3-11-30-68-60(82)46-26-28-47(29-27-46)61(83)69-31-35-94-34-13-33-91-67(65(88)89)37-51(77)55(73-41(2)75)59(93-67)57(81)53(79)39-71-63(85)49-24-20-45(21-25-49)43-16-9-6-10-17-43/h5-10,14-29,50-59,76-81H,3-4,11-13,30-39H2,1-2H3,(H,68,82)(H,69,83)(H,70,84)(H,71,85)(H,72,74)(H,73,75)(H,86,87)(H,88,89)/t50-,51-,52+,53+,54+,55+,56+,57+,58+,59+,66+,67+/m0/s1. The summed E-state index contributed by atoms with van der Waals surface area (Å²) in [6.07, 6.45) is -13.0. The Bertz CT molecular complexity index is 3100. The summed E-state index contributed by atoms with van der Waals surface area (Å²) in [6, 6.07) is 35.7. The predicted octanol–water partition coefficient (Wildman–Crippen LogP) is 2.37. The Balaban J connectivity index is 0.773. The van der Waals surface area contributed by atoms with Gasteiger partial charge in [0.25, 0.3) is 35.2 Å². The third kappa shape index (κ3) is 20.4. The second-order valence-corrected chi connectivity index (χ2v) is 24.1. The topological polar surface area (TPSA) is 408 Å². The lowest BCUT2D eigenvalue weighted by molar-refractivity contribution is -0.310. The van der Waals surface area contributed by atoms with E-state index < -0.39 is 140 Å². The van der Waals surface area contributed by atoms with Gasteiger partial charge in [-0.1, -0.05) is 97.8 Å². The van der Waals surface area contributed by atoms with Crippen LogP contribution in [0.1, 0.15) is 100 Å². The van der Waals surface area contributed by atoms with Gasteiger partial charge in [-0.15, -0.1) is 0 Å². The molecule has 7 rings (SSSR count). The van der Waals surface area contributed by atoms with Crippen molar-refractivity contribution in [3.63, 3.8) is 0 Å². The normalized spacial score (nSPS) is 22.3. The number of rotatable bonds is 34. The van der Waals surface area contributed by atoms with E-state index in [1.165, 1.54) is 36.0 Å². The molecule has 0 aromatic heterocycles. The van der Waals surface area contributed by atoms with E-state index >= 15 is 0 Å². The second kappa shape index (κ2) is 35.4. The molecule has 14 N–H and O–H groups in total. The first kappa shape index (κ1) is 73.2. The number of hydrogen-bond acceptors (Lipinski definition) is 19. The monoisotopic (exact) mass is 1320 g/mol. The highest BCUT2D eigenvalue weighted by atomic mass is 32.2. The number of carboxylic acid groups (broad SMARTS) is 2. The first-order valence-corrected chi connectivity index (χ1v) is 32.0. The lowest BCUT2D eigenvalue weighted by Gasteiger charge is -2.46. The molecule has 0 radical (unpaired) electrons. The molecule has 0 unspecified atom stereocenters. The molecule has 27 heteroatoms. The van der Waals surface area contributed by atoms with Crippen LogP contribution in [0.2, 0.25) is 0 Å². The van der Waals surface area contributed by atoms with Crippen molar-refractivity contribution >= 4 is 59.1 Å². The number of nitrogens with one attached hydrogen (secondary N) is 6. The molecule has 0 saturated carbocycles. The molecule has 2 fully saturated rings. The van der Waals surface area contributed by atoms with Crippen LogP contribution in [0.25, 0.3) is 22.3 Å². The average molecular weight is 1320 g/mol. The van der Waals surface area contributed by atoms with Crippen LogP contribution in [0, 0.1) is 0 Å². The Morgan fingerprint density at radius 2 is 0.819 bits per heavy atom. The number of thioether (sulfide) groups is 1. The van der Waals surface area contributed by atoms with Gasteiger partial charge in [-0.3, -0.25) is 28.8 Å². The third-order valence-corrected chi connectivity index (χ3v) is 16.9. The first-order chi connectivity index (χ1) is 45.0. The van der Waals surface area contributed by atoms with Crippen LogP contribution in [-0.4, -0.2) is 212 Å². The molecule has 5 aromatic carbocycles. The highest BCUT2D eigenvalue weighted by Gasteiger charge is 2.57. The maximum Gasteiger partial charge on any atom is 0.364 e. The SMILES string of the molecule is CC(=O)N[C@H]1[C@H]([C@H](O)[C@H](O)CNC(=O)c2ccc(-c3ccccc3)cc2)O[C@@](OCCCCCCNC(=O)c2ccc(C(=O)NCCSCCCO[C@]3(C(=O)O)C[C@H](O)[C@@H](NC(C)=O)[C@H]([C@H](O)[C@H](O)CNC(=O)c4ccc(-c5ccccc5)cc4)O3)cc2)(C(=O)O)C[C@@H]1O. The maximum atomic E-state index is 13.0. The van der Waals surface area contributed by atoms with Crippen molar-refractivity contribution < 1.29 is 98.2 Å². The highest BCUT2D eigenvalue weighted by Crippen LogP contribution is 2.36. The lowest BCUT2D eigenvalue weighted by Crippen LogP contribution is -2.68. The fraction of sp³-hybridized carbons (Fsp3) is 0.433. The summed E-state index contributed by atoms with van der Waals surface area (Å²) in [5.74, 6) is -10.5. The van der Waals surface area contributed by atoms with Gasteiger partial charge < -0.3 is 91.7 Å². The van der Waals surface area contributed by atoms with Crippen LogP contribution in [0.15, 0.2) is 133 Å². The Morgan fingerprint density at radius 3 is 1.21 bits per heavy atom. The Morgan fingerprint density at radius 1 is 0.468 bits per heavy atom. The molecule has 0 bridgehead atoms. The maximum absolute atomic E-state index is 13.0. The first-order valence-electron chi connectivity index (χ1n) is 30.9. The average Bonchev–Trinajstić information content (AvgIpc) is 0.791. The minimum absolute atomic E-state index is 0.163. The Labute approximate surface area is 547 Å². The zero-order chi connectivity index (χ0) is 68.0. The van der Waals surface area contributed by atoms with E-state index in [-0.39, 0.29) is 43.3 Å². The number of ether oxygens (including phenoxy) is 4.